The molecule has 5 unspecified atom stereocenters. The number of ether oxygens (including phenoxy) is 1. The summed E-state index contributed by atoms with van der Waals surface area (Å²) in [5, 5.41) is 11.7. The molecule has 0 aromatic rings. The molecule has 0 radical (unpaired) electrons. The van der Waals surface area contributed by atoms with E-state index in [0.717, 1.165) is 32.1 Å². The molecule has 3 fully saturated rings. The fourth-order valence-electron chi connectivity index (χ4n) is 8.65. The van der Waals surface area contributed by atoms with Crippen LogP contribution in [-0.4, -0.2) is 29.6 Å². The number of esters is 1. The van der Waals surface area contributed by atoms with Gasteiger partial charge in [-0.25, -0.2) is 4.79 Å². The van der Waals surface area contributed by atoms with Crippen LogP contribution in [0.5, 0.6) is 0 Å². The second-order valence-corrected chi connectivity index (χ2v) is 11.5. The van der Waals surface area contributed by atoms with Gasteiger partial charge in [0.2, 0.25) is 0 Å². The van der Waals surface area contributed by atoms with E-state index in [-0.39, 0.29) is 34.6 Å². The molecule has 4 nitrogen and oxygen atoms in total. The van der Waals surface area contributed by atoms with Gasteiger partial charge in [-0.15, -0.1) is 0 Å². The molecular weight excluding hydrogens is 400 g/mol. The molecule has 0 aliphatic heterocycles. The minimum absolute atomic E-state index is 0.0489. The van der Waals surface area contributed by atoms with E-state index in [4.69, 9.17) is 4.74 Å². The molecule has 0 bridgehead atoms. The fraction of sp³-hybridized carbons (Fsp3) is 0.786. The van der Waals surface area contributed by atoms with Crippen molar-refractivity contribution >= 4 is 11.8 Å². The minimum Gasteiger partial charge on any atom is -0.463 e. The van der Waals surface area contributed by atoms with Crippen molar-refractivity contribution in [1.82, 2.24) is 0 Å². The zero-order valence-corrected chi connectivity index (χ0v) is 20.6. The number of ketones is 1. The average molecular weight is 443 g/mol. The van der Waals surface area contributed by atoms with Gasteiger partial charge in [0.1, 0.15) is 0 Å². The first-order chi connectivity index (χ1) is 15.2. The maximum atomic E-state index is 12.3. The van der Waals surface area contributed by atoms with Crippen LogP contribution in [0.25, 0.3) is 0 Å². The van der Waals surface area contributed by atoms with Crippen LogP contribution in [0.1, 0.15) is 79.6 Å². The third-order valence-corrected chi connectivity index (χ3v) is 10.2. The molecule has 0 amide bonds. The number of fused-ring (bicyclic) bond motifs is 5. The molecule has 178 valence electrons. The largest absolute Gasteiger partial charge is 0.463 e. The number of aliphatic hydroxyl groups is 1. The zero-order valence-electron chi connectivity index (χ0n) is 20.6. The van der Waals surface area contributed by atoms with Gasteiger partial charge in [-0.2, -0.15) is 0 Å². The summed E-state index contributed by atoms with van der Waals surface area (Å²) in [6, 6.07) is 0. The Morgan fingerprint density at radius 1 is 1.22 bits per heavy atom. The lowest BCUT2D eigenvalue weighted by Gasteiger charge is -2.61. The highest BCUT2D eigenvalue weighted by molar-refractivity contribution is 5.91. The molecule has 1 N–H and O–H groups in total. The lowest BCUT2D eigenvalue weighted by molar-refractivity contribution is -0.137. The first-order valence-electron chi connectivity index (χ1n) is 12.9. The predicted octanol–water partition coefficient (Wildman–Crippen LogP) is 5.50. The monoisotopic (exact) mass is 442 g/mol. The summed E-state index contributed by atoms with van der Waals surface area (Å²) in [7, 11) is 0. The van der Waals surface area contributed by atoms with E-state index in [0.29, 0.717) is 42.6 Å². The van der Waals surface area contributed by atoms with E-state index in [1.165, 1.54) is 12.0 Å². The second kappa shape index (κ2) is 8.74. The maximum absolute atomic E-state index is 12.3. The van der Waals surface area contributed by atoms with Gasteiger partial charge in [0.15, 0.2) is 5.78 Å². The summed E-state index contributed by atoms with van der Waals surface area (Å²) < 4.78 is 5.08. The van der Waals surface area contributed by atoms with Crippen LogP contribution in [0.15, 0.2) is 23.8 Å². The first kappa shape index (κ1) is 23.7. The van der Waals surface area contributed by atoms with Crippen LogP contribution >= 0.6 is 0 Å². The molecule has 0 aromatic carbocycles. The lowest BCUT2D eigenvalue weighted by atomic mass is 9.43. The quantitative estimate of drug-likeness (QED) is 0.451. The molecular formula is C28H42O4. The Kier molecular flexibility index (Phi) is 6.48. The van der Waals surface area contributed by atoms with Gasteiger partial charge >= 0.3 is 5.97 Å². The highest BCUT2D eigenvalue weighted by Crippen LogP contribution is 2.68. The van der Waals surface area contributed by atoms with Crippen LogP contribution in [-0.2, 0) is 14.3 Å². The number of carbonyl (C=O) groups excluding carboxylic acids is 2. The topological polar surface area (TPSA) is 63.6 Å². The van der Waals surface area contributed by atoms with Crippen molar-refractivity contribution in [2.24, 2.45) is 46.3 Å². The number of rotatable bonds is 5. The molecule has 0 spiro atoms. The third-order valence-electron chi connectivity index (χ3n) is 10.2. The molecule has 0 saturated heterocycles. The van der Waals surface area contributed by atoms with Crippen molar-refractivity contribution in [3.8, 4) is 0 Å². The van der Waals surface area contributed by atoms with Gasteiger partial charge in [0.05, 0.1) is 12.7 Å². The highest BCUT2D eigenvalue weighted by atomic mass is 16.5. The predicted molar refractivity (Wildman–Crippen MR) is 126 cm³/mol. The van der Waals surface area contributed by atoms with E-state index < -0.39 is 0 Å². The third kappa shape index (κ3) is 3.61. The summed E-state index contributed by atoms with van der Waals surface area (Å²) >= 11 is 0. The van der Waals surface area contributed by atoms with Gasteiger partial charge in [-0.1, -0.05) is 39.3 Å². The van der Waals surface area contributed by atoms with Crippen LogP contribution in [0.4, 0.5) is 0 Å². The Morgan fingerprint density at radius 3 is 2.66 bits per heavy atom. The number of hydrogen-bond donors (Lipinski definition) is 1. The van der Waals surface area contributed by atoms with Crippen molar-refractivity contribution in [2.75, 3.05) is 6.61 Å². The fourth-order valence-corrected chi connectivity index (χ4v) is 8.65. The Balaban J connectivity index is 1.62. The van der Waals surface area contributed by atoms with E-state index >= 15 is 0 Å². The highest BCUT2D eigenvalue weighted by Gasteiger charge is 2.63. The van der Waals surface area contributed by atoms with Gasteiger partial charge in [0, 0.05) is 18.4 Å². The van der Waals surface area contributed by atoms with Gasteiger partial charge < -0.3 is 9.84 Å². The Bertz CT molecular complexity index is 812. The van der Waals surface area contributed by atoms with Gasteiger partial charge in [-0.05, 0) is 91.9 Å². The van der Waals surface area contributed by atoms with Crippen molar-refractivity contribution < 1.29 is 19.4 Å². The smallest absolute Gasteiger partial charge is 0.330 e. The molecule has 4 heteroatoms. The molecule has 9 atom stereocenters. The van der Waals surface area contributed by atoms with Gasteiger partial charge in [0.25, 0.3) is 0 Å². The molecule has 32 heavy (non-hydrogen) atoms. The summed E-state index contributed by atoms with van der Waals surface area (Å²) in [4.78, 5) is 24.1. The van der Waals surface area contributed by atoms with E-state index in [9.17, 15) is 14.7 Å². The van der Waals surface area contributed by atoms with Crippen LogP contribution in [0, 0.1) is 46.3 Å². The molecule has 0 heterocycles. The van der Waals surface area contributed by atoms with Crippen LogP contribution in [0.2, 0.25) is 0 Å². The molecule has 0 aromatic heterocycles. The summed E-state index contributed by atoms with van der Waals surface area (Å²) in [6.07, 6.45) is 12.3. The number of carbonyl (C=O) groups is 2. The maximum Gasteiger partial charge on any atom is 0.330 e. The van der Waals surface area contributed by atoms with Crippen molar-refractivity contribution in [3.63, 3.8) is 0 Å². The minimum atomic E-state index is -0.357. The summed E-state index contributed by atoms with van der Waals surface area (Å²) in [6.45, 7) is 11.5. The lowest BCUT2D eigenvalue weighted by Crippen LogP contribution is -2.58. The standard InChI is InChI=1S/C28H42O4/c1-6-19-23-16-18(29)12-14-28(23,5)22-13-15-27(4)20(9-10-21(27)25(22)26(19)31)17(3)8-11-24(30)32-7-2/h8,11,16-17,19-22,25-26,31H,6-7,9-10,12-15H2,1-5H3/b11-8+/t17-,19+,20?,21?,22?,25?,26?,27-,28-/m1/s1. The summed E-state index contributed by atoms with van der Waals surface area (Å²) in [5.74, 6) is 2.19. The van der Waals surface area contributed by atoms with E-state index in [2.05, 4.69) is 27.7 Å². The number of aliphatic hydroxyl groups excluding tert-OH is 1. The van der Waals surface area contributed by atoms with E-state index in [1.54, 1.807) is 6.08 Å². The summed E-state index contributed by atoms with van der Waals surface area (Å²) in [5.41, 5.74) is 1.47. The normalized spacial score (nSPS) is 44.4. The van der Waals surface area contributed by atoms with Gasteiger partial charge in [-0.3, -0.25) is 4.79 Å². The molecule has 4 rings (SSSR count). The average Bonchev–Trinajstić information content (AvgIpc) is 3.11. The van der Waals surface area contributed by atoms with Crippen LogP contribution < -0.4 is 0 Å². The SMILES string of the molecule is CCOC(=O)/C=C/[C@@H](C)C1CCC2C3C(O)[C@@H](CC)C4=CC(=O)CC[C@]4(C)C3CC[C@@]21C. The van der Waals surface area contributed by atoms with Crippen molar-refractivity contribution in [2.45, 2.75) is 85.7 Å². The molecule has 4 aliphatic carbocycles. The Morgan fingerprint density at radius 2 is 1.97 bits per heavy atom. The van der Waals surface area contributed by atoms with E-state index in [1.807, 2.05) is 19.1 Å². The number of allylic oxidation sites excluding steroid dienone is 1. The second-order valence-electron chi connectivity index (χ2n) is 11.5. The molecule has 3 saturated carbocycles. The number of hydrogen-bond acceptors (Lipinski definition) is 4. The Hall–Kier alpha value is -1.42. The van der Waals surface area contributed by atoms with Crippen LogP contribution in [0.3, 0.4) is 0 Å². The Labute approximate surface area is 193 Å². The first-order valence-corrected chi connectivity index (χ1v) is 12.9. The molecule has 4 aliphatic rings. The van der Waals surface area contributed by atoms with Crippen molar-refractivity contribution in [1.29, 1.82) is 0 Å². The zero-order chi connectivity index (χ0) is 23.3. The van der Waals surface area contributed by atoms with Crippen molar-refractivity contribution in [3.05, 3.63) is 23.8 Å².